The number of nitrogens with two attached hydrogens (primary N) is 1. The SMILES string of the molecule is COc1ccc(-c2nc(NCCN3CCOCC3)nc3nn(-c4ccc(F)cc4)c(N)c23)cc1OC. The maximum Gasteiger partial charge on any atom is 0.225 e. The maximum atomic E-state index is 13.5. The van der Waals surface area contributed by atoms with Crippen molar-refractivity contribution in [2.24, 2.45) is 0 Å². The minimum absolute atomic E-state index is 0.341. The zero-order valence-corrected chi connectivity index (χ0v) is 20.2. The first-order chi connectivity index (χ1) is 17.6. The first kappa shape index (κ1) is 23.8. The summed E-state index contributed by atoms with van der Waals surface area (Å²) in [6.07, 6.45) is 0. The zero-order chi connectivity index (χ0) is 25.1. The van der Waals surface area contributed by atoms with E-state index in [0.717, 1.165) is 38.4 Å². The molecule has 36 heavy (non-hydrogen) atoms. The van der Waals surface area contributed by atoms with Crippen LogP contribution in [0.3, 0.4) is 0 Å². The Kier molecular flexibility index (Phi) is 6.83. The summed E-state index contributed by atoms with van der Waals surface area (Å²) in [6, 6.07) is 11.5. The molecule has 1 fully saturated rings. The molecule has 0 bridgehead atoms. The van der Waals surface area contributed by atoms with Gasteiger partial charge in [0.2, 0.25) is 5.95 Å². The number of hydrogen-bond donors (Lipinski definition) is 2. The van der Waals surface area contributed by atoms with Crippen molar-refractivity contribution in [3.05, 3.63) is 48.3 Å². The molecule has 0 unspecified atom stereocenters. The van der Waals surface area contributed by atoms with Crippen LogP contribution in [0.4, 0.5) is 16.2 Å². The van der Waals surface area contributed by atoms with Crippen molar-refractivity contribution in [1.82, 2.24) is 24.6 Å². The molecule has 0 amide bonds. The fourth-order valence-corrected chi connectivity index (χ4v) is 4.21. The largest absolute Gasteiger partial charge is 0.493 e. The number of anilines is 2. The van der Waals surface area contributed by atoms with Gasteiger partial charge in [0.25, 0.3) is 0 Å². The number of benzene rings is 2. The molecule has 2 aromatic carbocycles. The van der Waals surface area contributed by atoms with E-state index in [1.807, 2.05) is 18.2 Å². The van der Waals surface area contributed by atoms with Gasteiger partial charge >= 0.3 is 0 Å². The number of morpholine rings is 1. The third-order valence-electron chi connectivity index (χ3n) is 6.11. The van der Waals surface area contributed by atoms with Crippen molar-refractivity contribution >= 4 is 22.8 Å². The van der Waals surface area contributed by atoms with Crippen molar-refractivity contribution in [2.75, 3.05) is 64.7 Å². The van der Waals surface area contributed by atoms with Crippen molar-refractivity contribution in [2.45, 2.75) is 0 Å². The van der Waals surface area contributed by atoms with Crippen molar-refractivity contribution < 1.29 is 18.6 Å². The fraction of sp³-hybridized carbons (Fsp3) is 0.320. The first-order valence-electron chi connectivity index (χ1n) is 11.7. The van der Waals surface area contributed by atoms with E-state index < -0.39 is 0 Å². The minimum atomic E-state index is -0.341. The second-order valence-corrected chi connectivity index (χ2v) is 8.32. The predicted octanol–water partition coefficient (Wildman–Crippen LogP) is 2.97. The van der Waals surface area contributed by atoms with E-state index in [1.54, 1.807) is 31.0 Å². The molecular weight excluding hydrogens is 465 g/mol. The van der Waals surface area contributed by atoms with E-state index in [2.05, 4.69) is 20.3 Å². The van der Waals surface area contributed by atoms with Gasteiger partial charge in [-0.2, -0.15) is 4.98 Å². The van der Waals surface area contributed by atoms with Crippen LogP contribution >= 0.6 is 0 Å². The highest BCUT2D eigenvalue weighted by Crippen LogP contribution is 2.37. The predicted molar refractivity (Wildman–Crippen MR) is 135 cm³/mol. The summed E-state index contributed by atoms with van der Waals surface area (Å²) in [4.78, 5) is 11.8. The topological polar surface area (TPSA) is 113 Å². The van der Waals surface area contributed by atoms with Crippen LogP contribution in [0.15, 0.2) is 42.5 Å². The van der Waals surface area contributed by atoms with Crippen LogP contribution < -0.4 is 20.5 Å². The molecule has 2 aromatic heterocycles. The van der Waals surface area contributed by atoms with Gasteiger partial charge in [-0.15, -0.1) is 5.10 Å². The van der Waals surface area contributed by atoms with E-state index in [4.69, 9.17) is 24.9 Å². The van der Waals surface area contributed by atoms with Crippen LogP contribution in [-0.2, 0) is 4.74 Å². The van der Waals surface area contributed by atoms with E-state index in [9.17, 15) is 4.39 Å². The molecule has 1 saturated heterocycles. The van der Waals surface area contributed by atoms with E-state index in [0.29, 0.717) is 52.2 Å². The number of hydrogen-bond acceptors (Lipinski definition) is 9. The molecule has 188 valence electrons. The lowest BCUT2D eigenvalue weighted by Crippen LogP contribution is -2.39. The molecule has 0 radical (unpaired) electrons. The molecule has 0 spiro atoms. The summed E-state index contributed by atoms with van der Waals surface area (Å²) in [5.74, 6) is 1.61. The van der Waals surface area contributed by atoms with Crippen LogP contribution in [-0.4, -0.2) is 78.3 Å². The van der Waals surface area contributed by atoms with E-state index in [1.165, 1.54) is 12.1 Å². The lowest BCUT2D eigenvalue weighted by Gasteiger charge is -2.26. The number of nitrogens with one attached hydrogen (secondary N) is 1. The molecule has 3 N–H and O–H groups in total. The van der Waals surface area contributed by atoms with Crippen molar-refractivity contribution in [1.29, 1.82) is 0 Å². The summed E-state index contributed by atoms with van der Waals surface area (Å²) in [5, 5.41) is 8.54. The molecule has 1 aliphatic rings. The Balaban J connectivity index is 1.56. The number of fused-ring (bicyclic) bond motifs is 1. The summed E-state index contributed by atoms with van der Waals surface area (Å²) in [7, 11) is 3.17. The third kappa shape index (κ3) is 4.75. The molecule has 0 atom stereocenters. The molecule has 1 aliphatic heterocycles. The molecule has 10 nitrogen and oxygen atoms in total. The quantitative estimate of drug-likeness (QED) is 0.382. The van der Waals surface area contributed by atoms with Crippen LogP contribution in [0, 0.1) is 5.82 Å². The third-order valence-corrected chi connectivity index (χ3v) is 6.11. The average molecular weight is 494 g/mol. The van der Waals surface area contributed by atoms with Gasteiger partial charge in [0, 0.05) is 31.7 Å². The van der Waals surface area contributed by atoms with Gasteiger partial charge in [-0.1, -0.05) is 0 Å². The van der Waals surface area contributed by atoms with Gasteiger partial charge in [0.15, 0.2) is 17.1 Å². The van der Waals surface area contributed by atoms with Crippen molar-refractivity contribution in [3.8, 4) is 28.4 Å². The highest BCUT2D eigenvalue weighted by molar-refractivity contribution is 5.99. The Morgan fingerprint density at radius 1 is 1.03 bits per heavy atom. The smallest absolute Gasteiger partial charge is 0.225 e. The molecule has 4 aromatic rings. The summed E-state index contributed by atoms with van der Waals surface area (Å²) in [5.41, 5.74) is 8.96. The monoisotopic (exact) mass is 493 g/mol. The average Bonchev–Trinajstić information content (AvgIpc) is 3.25. The van der Waals surface area contributed by atoms with E-state index >= 15 is 0 Å². The van der Waals surface area contributed by atoms with Gasteiger partial charge in [0.05, 0.1) is 44.2 Å². The molecule has 0 saturated carbocycles. The Hall–Kier alpha value is -3.96. The second kappa shape index (κ2) is 10.3. The van der Waals surface area contributed by atoms with Crippen LogP contribution in [0.2, 0.25) is 0 Å². The summed E-state index contributed by atoms with van der Waals surface area (Å²) >= 11 is 0. The zero-order valence-electron chi connectivity index (χ0n) is 20.2. The number of rotatable bonds is 8. The van der Waals surface area contributed by atoms with Gasteiger partial charge in [-0.3, -0.25) is 4.90 Å². The summed E-state index contributed by atoms with van der Waals surface area (Å²) in [6.45, 7) is 4.78. The van der Waals surface area contributed by atoms with Gasteiger partial charge < -0.3 is 25.3 Å². The highest BCUT2D eigenvalue weighted by Gasteiger charge is 2.20. The molecule has 0 aliphatic carbocycles. The first-order valence-corrected chi connectivity index (χ1v) is 11.7. The molecule has 11 heteroatoms. The van der Waals surface area contributed by atoms with Gasteiger partial charge in [-0.25, -0.2) is 14.1 Å². The maximum absolute atomic E-state index is 13.5. The standard InChI is InChI=1S/C25H28FN7O3/c1-34-19-8-3-16(15-20(19)35-2)22-21-23(27)33(18-6-4-17(26)5-7-18)31-24(21)30-25(29-22)28-9-10-32-11-13-36-14-12-32/h3-8,15H,9-14,27H2,1-2H3,(H,28,30,31). The Morgan fingerprint density at radius 3 is 2.50 bits per heavy atom. The summed E-state index contributed by atoms with van der Waals surface area (Å²) < 4.78 is 31.4. The normalized spacial score (nSPS) is 14.2. The number of ether oxygens (including phenoxy) is 3. The Labute approximate surface area is 207 Å². The van der Waals surface area contributed by atoms with Crippen LogP contribution in [0.5, 0.6) is 11.5 Å². The van der Waals surface area contributed by atoms with Crippen LogP contribution in [0.1, 0.15) is 0 Å². The Bertz CT molecular complexity index is 1350. The molecular formula is C25H28FN7O3. The van der Waals surface area contributed by atoms with Gasteiger partial charge in [0.1, 0.15) is 11.6 Å². The second-order valence-electron chi connectivity index (χ2n) is 8.32. The van der Waals surface area contributed by atoms with E-state index in [-0.39, 0.29) is 5.82 Å². The minimum Gasteiger partial charge on any atom is -0.493 e. The highest BCUT2D eigenvalue weighted by atomic mass is 19.1. The van der Waals surface area contributed by atoms with Gasteiger partial charge in [-0.05, 0) is 42.5 Å². The lowest BCUT2D eigenvalue weighted by molar-refractivity contribution is 0.0398. The Morgan fingerprint density at radius 2 is 1.78 bits per heavy atom. The number of nitrogens with zero attached hydrogens (tertiary/aromatic N) is 5. The van der Waals surface area contributed by atoms with Crippen LogP contribution in [0.25, 0.3) is 28.0 Å². The van der Waals surface area contributed by atoms with Crippen molar-refractivity contribution in [3.63, 3.8) is 0 Å². The number of nitrogen functional groups attached to an aromatic ring is 1. The number of halogens is 1. The molecule has 5 rings (SSSR count). The fourth-order valence-electron chi connectivity index (χ4n) is 4.21. The number of aromatic nitrogens is 4. The molecule has 3 heterocycles. The number of methoxy groups -OCH3 is 2. The lowest BCUT2D eigenvalue weighted by atomic mass is 10.1.